The second-order valence-corrected chi connectivity index (χ2v) is 6.54. The Kier molecular flexibility index (Phi) is 4.03. The van der Waals surface area contributed by atoms with Crippen LogP contribution in [0.4, 0.5) is 4.39 Å². The first-order chi connectivity index (χ1) is 9.73. The van der Waals surface area contributed by atoms with Gasteiger partial charge in [-0.1, -0.05) is 20.8 Å². The fourth-order valence-electron chi connectivity index (χ4n) is 2.60. The highest BCUT2D eigenvalue weighted by Gasteiger charge is 2.39. The van der Waals surface area contributed by atoms with Crippen LogP contribution in [0.5, 0.6) is 0 Å². The zero-order chi connectivity index (χ0) is 15.8. The zero-order valence-corrected chi connectivity index (χ0v) is 12.8. The van der Waals surface area contributed by atoms with E-state index >= 15 is 0 Å². The number of esters is 1. The first-order valence-corrected chi connectivity index (χ1v) is 6.90. The number of methoxy groups -OCH3 is 1. The summed E-state index contributed by atoms with van der Waals surface area (Å²) in [4.78, 5) is 26.0. The molecule has 0 bridgehead atoms. The molecule has 2 rings (SSSR count). The van der Waals surface area contributed by atoms with Gasteiger partial charge in [-0.25, -0.2) is 9.18 Å². The van der Waals surface area contributed by atoms with Crippen molar-refractivity contribution in [2.24, 2.45) is 5.41 Å². The molecule has 1 heterocycles. The number of halogens is 1. The molecular weight excluding hydrogens is 273 g/mol. The van der Waals surface area contributed by atoms with Crippen LogP contribution in [0, 0.1) is 11.2 Å². The van der Waals surface area contributed by atoms with Gasteiger partial charge < -0.3 is 9.64 Å². The number of hydrogen-bond acceptors (Lipinski definition) is 3. The second kappa shape index (κ2) is 5.47. The van der Waals surface area contributed by atoms with E-state index in [-0.39, 0.29) is 23.7 Å². The van der Waals surface area contributed by atoms with Crippen molar-refractivity contribution in [3.05, 3.63) is 35.1 Å². The number of fused-ring (bicyclic) bond motifs is 1. The number of nitrogens with zero attached hydrogens (tertiary/aromatic N) is 1. The van der Waals surface area contributed by atoms with Crippen LogP contribution in [0.25, 0.3) is 0 Å². The van der Waals surface area contributed by atoms with E-state index in [2.05, 4.69) is 0 Å². The molecule has 0 spiro atoms. The van der Waals surface area contributed by atoms with Gasteiger partial charge in [-0.15, -0.1) is 0 Å². The molecule has 0 fully saturated rings. The molecular formula is C16H20FNO3. The lowest BCUT2D eigenvalue weighted by Gasteiger charge is -2.31. The lowest BCUT2D eigenvalue weighted by molar-refractivity contribution is -0.147. The van der Waals surface area contributed by atoms with Crippen LogP contribution in [0.15, 0.2) is 18.2 Å². The molecule has 0 aliphatic carbocycles. The first kappa shape index (κ1) is 15.5. The highest BCUT2D eigenvalue weighted by molar-refractivity contribution is 6.00. The second-order valence-electron chi connectivity index (χ2n) is 6.54. The highest BCUT2D eigenvalue weighted by Crippen LogP contribution is 2.31. The van der Waals surface area contributed by atoms with Crippen molar-refractivity contribution in [3.63, 3.8) is 0 Å². The van der Waals surface area contributed by atoms with E-state index in [0.29, 0.717) is 17.5 Å². The van der Waals surface area contributed by atoms with Crippen LogP contribution >= 0.6 is 0 Å². The Labute approximate surface area is 123 Å². The normalized spacial score (nSPS) is 15.9. The number of benzene rings is 1. The lowest BCUT2D eigenvalue weighted by Crippen LogP contribution is -2.44. The topological polar surface area (TPSA) is 46.6 Å². The molecule has 114 valence electrons. The average molecular weight is 293 g/mol. The smallest absolute Gasteiger partial charge is 0.328 e. The molecule has 0 radical (unpaired) electrons. The maximum Gasteiger partial charge on any atom is 0.328 e. The van der Waals surface area contributed by atoms with Gasteiger partial charge >= 0.3 is 5.97 Å². The van der Waals surface area contributed by atoms with Crippen molar-refractivity contribution in [2.75, 3.05) is 7.11 Å². The van der Waals surface area contributed by atoms with Crippen molar-refractivity contribution < 1.29 is 18.7 Å². The Morgan fingerprint density at radius 3 is 2.67 bits per heavy atom. The summed E-state index contributed by atoms with van der Waals surface area (Å²) < 4.78 is 18.1. The summed E-state index contributed by atoms with van der Waals surface area (Å²) >= 11 is 0. The zero-order valence-electron chi connectivity index (χ0n) is 12.8. The molecule has 1 aromatic rings. The molecule has 1 aliphatic heterocycles. The van der Waals surface area contributed by atoms with Gasteiger partial charge in [0.25, 0.3) is 5.91 Å². The summed E-state index contributed by atoms with van der Waals surface area (Å²) in [5.74, 6) is -1.06. The molecule has 1 amide bonds. The maximum absolute atomic E-state index is 13.3. The molecule has 0 N–H and O–H groups in total. The van der Waals surface area contributed by atoms with E-state index in [1.165, 1.54) is 30.2 Å². The number of amides is 1. The molecule has 1 atom stereocenters. The molecule has 0 aromatic heterocycles. The molecule has 0 unspecified atom stereocenters. The fourth-order valence-corrected chi connectivity index (χ4v) is 2.60. The molecule has 0 saturated heterocycles. The Hall–Kier alpha value is -1.91. The van der Waals surface area contributed by atoms with E-state index in [9.17, 15) is 14.0 Å². The van der Waals surface area contributed by atoms with Crippen LogP contribution in [0.3, 0.4) is 0 Å². The number of hydrogen-bond donors (Lipinski definition) is 0. The minimum atomic E-state index is -0.655. The van der Waals surface area contributed by atoms with Crippen molar-refractivity contribution in [3.8, 4) is 0 Å². The molecule has 1 aliphatic rings. The predicted octanol–water partition coefficient (Wildman–Crippen LogP) is 2.76. The van der Waals surface area contributed by atoms with E-state index < -0.39 is 12.0 Å². The minimum absolute atomic E-state index is 0.140. The molecule has 21 heavy (non-hydrogen) atoms. The third-order valence-corrected chi connectivity index (χ3v) is 3.55. The fraction of sp³-hybridized carbons (Fsp3) is 0.500. The summed E-state index contributed by atoms with van der Waals surface area (Å²) in [6.45, 7) is 6.23. The van der Waals surface area contributed by atoms with Gasteiger partial charge in [0.1, 0.15) is 11.9 Å². The van der Waals surface area contributed by atoms with Crippen LogP contribution in [-0.2, 0) is 16.1 Å². The Morgan fingerprint density at radius 1 is 1.43 bits per heavy atom. The standard InChI is InChI=1S/C16H20FNO3/c1-16(2,3)8-13(15(20)21-4)18-9-10-7-11(17)5-6-12(10)14(18)19/h5-7,13H,8-9H2,1-4H3/t13-/m0/s1. The van der Waals surface area contributed by atoms with Gasteiger partial charge in [0.15, 0.2) is 0 Å². The maximum atomic E-state index is 13.3. The van der Waals surface area contributed by atoms with Crippen LogP contribution < -0.4 is 0 Å². The van der Waals surface area contributed by atoms with E-state index in [4.69, 9.17) is 4.74 Å². The lowest BCUT2D eigenvalue weighted by atomic mass is 9.87. The van der Waals surface area contributed by atoms with Crippen LogP contribution in [0.2, 0.25) is 0 Å². The van der Waals surface area contributed by atoms with Crippen molar-refractivity contribution in [1.82, 2.24) is 4.90 Å². The van der Waals surface area contributed by atoms with Gasteiger partial charge in [-0.2, -0.15) is 0 Å². The van der Waals surface area contributed by atoms with E-state index in [1.54, 1.807) is 0 Å². The largest absolute Gasteiger partial charge is 0.467 e. The van der Waals surface area contributed by atoms with Gasteiger partial charge in [0.2, 0.25) is 0 Å². The molecule has 1 aromatic carbocycles. The quantitative estimate of drug-likeness (QED) is 0.805. The summed E-state index contributed by atoms with van der Waals surface area (Å²) in [7, 11) is 1.31. The van der Waals surface area contributed by atoms with Crippen molar-refractivity contribution in [1.29, 1.82) is 0 Å². The highest BCUT2D eigenvalue weighted by atomic mass is 19.1. The van der Waals surface area contributed by atoms with Gasteiger partial charge in [-0.05, 0) is 35.6 Å². The number of carbonyl (C=O) groups excluding carboxylic acids is 2. The summed E-state index contributed by atoms with van der Waals surface area (Å²) in [5.41, 5.74) is 0.932. The van der Waals surface area contributed by atoms with Gasteiger partial charge in [0.05, 0.1) is 7.11 Å². The Morgan fingerprint density at radius 2 is 2.10 bits per heavy atom. The first-order valence-electron chi connectivity index (χ1n) is 6.90. The summed E-state index contributed by atoms with van der Waals surface area (Å²) in [5, 5.41) is 0. The van der Waals surface area contributed by atoms with Crippen molar-refractivity contribution in [2.45, 2.75) is 39.8 Å². The average Bonchev–Trinajstić information content (AvgIpc) is 2.70. The van der Waals surface area contributed by atoms with Gasteiger partial charge in [-0.3, -0.25) is 4.79 Å². The Balaban J connectivity index is 2.31. The summed E-state index contributed by atoms with van der Waals surface area (Å²) in [6, 6.07) is 3.42. The third-order valence-electron chi connectivity index (χ3n) is 3.55. The summed E-state index contributed by atoms with van der Waals surface area (Å²) in [6.07, 6.45) is 0.488. The molecule has 0 saturated carbocycles. The van der Waals surface area contributed by atoms with Gasteiger partial charge in [0, 0.05) is 12.1 Å². The SMILES string of the molecule is COC(=O)[C@H](CC(C)(C)C)N1Cc2cc(F)ccc2C1=O. The number of rotatable bonds is 3. The van der Waals surface area contributed by atoms with Crippen LogP contribution in [0.1, 0.15) is 43.1 Å². The third kappa shape index (κ3) is 3.23. The number of ether oxygens (including phenoxy) is 1. The van der Waals surface area contributed by atoms with Crippen molar-refractivity contribution >= 4 is 11.9 Å². The molecule has 5 heteroatoms. The van der Waals surface area contributed by atoms with Crippen LogP contribution in [-0.4, -0.2) is 29.9 Å². The van der Waals surface area contributed by atoms with E-state index in [1.807, 2.05) is 20.8 Å². The Bertz CT molecular complexity index is 577. The predicted molar refractivity (Wildman–Crippen MR) is 76.1 cm³/mol. The molecule has 4 nitrogen and oxygen atoms in total. The van der Waals surface area contributed by atoms with E-state index in [0.717, 1.165) is 0 Å². The number of carbonyl (C=O) groups is 2. The monoisotopic (exact) mass is 293 g/mol. The minimum Gasteiger partial charge on any atom is -0.467 e.